The van der Waals surface area contributed by atoms with Crippen molar-refractivity contribution in [3.8, 4) is 0 Å². The van der Waals surface area contributed by atoms with Gasteiger partial charge in [0.1, 0.15) is 5.54 Å². The van der Waals surface area contributed by atoms with E-state index in [4.69, 9.17) is 0 Å². The molecule has 0 aromatic rings. The maximum absolute atomic E-state index is 12.1. The monoisotopic (exact) mass is 237 g/mol. The highest BCUT2D eigenvalue weighted by Gasteiger charge is 2.61. The van der Waals surface area contributed by atoms with Crippen molar-refractivity contribution < 1.29 is 9.59 Å². The molecule has 0 aromatic carbocycles. The maximum Gasteiger partial charge on any atom is 0.322 e. The molecule has 0 unspecified atom stereocenters. The van der Waals surface area contributed by atoms with E-state index < -0.39 is 5.54 Å². The third-order valence-electron chi connectivity index (χ3n) is 4.49. The Bertz CT molecular complexity index is 382. The van der Waals surface area contributed by atoms with E-state index in [1.807, 2.05) is 0 Å². The van der Waals surface area contributed by atoms with Crippen molar-refractivity contribution in [1.29, 1.82) is 0 Å². The van der Waals surface area contributed by atoms with Gasteiger partial charge in [0.25, 0.3) is 5.91 Å². The highest BCUT2D eigenvalue weighted by Crippen LogP contribution is 2.44. The molecule has 3 rings (SSSR count). The van der Waals surface area contributed by atoms with Crippen LogP contribution < -0.4 is 10.6 Å². The van der Waals surface area contributed by atoms with Crippen LogP contribution in [0.2, 0.25) is 0 Å². The average Bonchev–Trinajstić information content (AvgIpc) is 2.62. The van der Waals surface area contributed by atoms with Gasteiger partial charge in [-0.05, 0) is 33.1 Å². The van der Waals surface area contributed by atoms with Crippen molar-refractivity contribution in [2.24, 2.45) is 0 Å². The van der Waals surface area contributed by atoms with Gasteiger partial charge in [-0.1, -0.05) is 6.42 Å². The number of imide groups is 1. The Hall–Kier alpha value is -1.10. The normalized spacial score (nSPS) is 41.1. The topological polar surface area (TPSA) is 61.4 Å². The number of rotatable bonds is 1. The van der Waals surface area contributed by atoms with Crippen molar-refractivity contribution in [2.45, 2.75) is 63.2 Å². The van der Waals surface area contributed by atoms with Gasteiger partial charge in [0.15, 0.2) is 0 Å². The summed E-state index contributed by atoms with van der Waals surface area (Å²) in [6.07, 6.45) is 4.07. The number of hydrogen-bond acceptors (Lipinski definition) is 3. The average molecular weight is 237 g/mol. The van der Waals surface area contributed by atoms with E-state index >= 15 is 0 Å². The van der Waals surface area contributed by atoms with Crippen LogP contribution in [0.1, 0.15) is 39.5 Å². The van der Waals surface area contributed by atoms with Crippen molar-refractivity contribution in [3.63, 3.8) is 0 Å². The lowest BCUT2D eigenvalue weighted by molar-refractivity contribution is -0.125. The summed E-state index contributed by atoms with van der Waals surface area (Å²) in [5.74, 6) is -0.123. The second-order valence-electron chi connectivity index (χ2n) is 5.73. The number of carbonyl (C=O) groups excluding carboxylic acids is 2. The first kappa shape index (κ1) is 11.0. The molecule has 17 heavy (non-hydrogen) atoms. The van der Waals surface area contributed by atoms with Crippen LogP contribution >= 0.6 is 0 Å². The molecule has 0 aliphatic carbocycles. The summed E-state index contributed by atoms with van der Waals surface area (Å²) in [5.41, 5.74) is -0.650. The second kappa shape index (κ2) is 3.45. The molecule has 2 N–H and O–H groups in total. The number of piperidine rings is 1. The first-order valence-corrected chi connectivity index (χ1v) is 6.45. The van der Waals surface area contributed by atoms with Crippen LogP contribution in [0.15, 0.2) is 0 Å². The van der Waals surface area contributed by atoms with Crippen molar-refractivity contribution in [2.75, 3.05) is 0 Å². The molecule has 0 aromatic heterocycles. The molecule has 3 atom stereocenters. The van der Waals surface area contributed by atoms with Gasteiger partial charge in [0.2, 0.25) is 0 Å². The zero-order valence-corrected chi connectivity index (χ0v) is 10.3. The molecular formula is C12H19N3O2. The molecular weight excluding hydrogens is 218 g/mol. The summed E-state index contributed by atoms with van der Waals surface area (Å²) in [6, 6.07) is 0.715. The molecule has 3 heterocycles. The van der Waals surface area contributed by atoms with Crippen LogP contribution in [-0.4, -0.2) is 40.5 Å². The van der Waals surface area contributed by atoms with Crippen LogP contribution in [0, 0.1) is 0 Å². The highest BCUT2D eigenvalue weighted by atomic mass is 16.2. The van der Waals surface area contributed by atoms with Crippen molar-refractivity contribution in [3.05, 3.63) is 0 Å². The quantitative estimate of drug-likeness (QED) is 0.656. The Kier molecular flexibility index (Phi) is 2.23. The molecule has 0 radical (unpaired) electrons. The summed E-state index contributed by atoms with van der Waals surface area (Å²) >= 11 is 0. The summed E-state index contributed by atoms with van der Waals surface area (Å²) in [7, 11) is 0. The van der Waals surface area contributed by atoms with Gasteiger partial charge in [-0.2, -0.15) is 0 Å². The number of urea groups is 1. The zero-order chi connectivity index (χ0) is 12.2. The molecule has 5 nitrogen and oxygen atoms in total. The number of nitrogens with zero attached hydrogens (tertiary/aromatic N) is 1. The predicted octanol–water partition coefficient (Wildman–Crippen LogP) is 0.600. The van der Waals surface area contributed by atoms with E-state index in [1.165, 1.54) is 0 Å². The third kappa shape index (κ3) is 1.35. The smallest absolute Gasteiger partial charge is 0.322 e. The fourth-order valence-corrected chi connectivity index (χ4v) is 3.98. The molecule has 3 saturated heterocycles. The van der Waals surface area contributed by atoms with Crippen molar-refractivity contribution >= 4 is 11.9 Å². The Balaban J connectivity index is 1.98. The SMILES string of the molecule is CC(C)N1[C@@H]2CCC[C@H]1[C@@]1(C2)NC(=O)NC1=O. The minimum atomic E-state index is -0.650. The van der Waals surface area contributed by atoms with Crippen molar-refractivity contribution in [1.82, 2.24) is 15.5 Å². The van der Waals surface area contributed by atoms with E-state index in [2.05, 4.69) is 29.4 Å². The van der Waals surface area contributed by atoms with E-state index in [0.717, 1.165) is 25.7 Å². The molecule has 1 spiro atoms. The summed E-state index contributed by atoms with van der Waals surface area (Å²) in [5, 5.41) is 5.30. The van der Waals surface area contributed by atoms with E-state index in [1.54, 1.807) is 0 Å². The standard InChI is InChI=1S/C12H19N3O2/c1-7(2)15-8-4-3-5-9(15)12(6-8)10(16)13-11(17)14-12/h7-9H,3-6H2,1-2H3,(H2,13,14,16,17)/t8-,9+,12-/m1/s1. The molecule has 3 amide bonds. The third-order valence-corrected chi connectivity index (χ3v) is 4.49. The number of fused-ring (bicyclic) bond motifs is 3. The molecule has 2 bridgehead atoms. The van der Waals surface area contributed by atoms with Crippen LogP contribution in [0.4, 0.5) is 4.79 Å². The largest absolute Gasteiger partial charge is 0.322 e. The Labute approximate surface area is 101 Å². The maximum atomic E-state index is 12.1. The molecule has 0 saturated carbocycles. The minimum Gasteiger partial charge on any atom is -0.322 e. The molecule has 3 fully saturated rings. The predicted molar refractivity (Wildman–Crippen MR) is 62.4 cm³/mol. The first-order chi connectivity index (χ1) is 8.04. The summed E-state index contributed by atoms with van der Waals surface area (Å²) in [4.78, 5) is 25.9. The van der Waals surface area contributed by atoms with Gasteiger partial charge in [-0.15, -0.1) is 0 Å². The zero-order valence-electron chi connectivity index (χ0n) is 10.3. The van der Waals surface area contributed by atoms with Crippen LogP contribution in [0.5, 0.6) is 0 Å². The lowest BCUT2D eigenvalue weighted by atomic mass is 9.88. The molecule has 3 aliphatic rings. The van der Waals surface area contributed by atoms with Gasteiger partial charge < -0.3 is 5.32 Å². The van der Waals surface area contributed by atoms with Gasteiger partial charge in [0.05, 0.1) is 0 Å². The number of hydrogen-bond donors (Lipinski definition) is 2. The number of nitrogens with one attached hydrogen (secondary N) is 2. The molecule has 94 valence electrons. The van der Waals surface area contributed by atoms with Gasteiger partial charge in [-0.3, -0.25) is 15.0 Å². The van der Waals surface area contributed by atoms with E-state index in [0.29, 0.717) is 12.1 Å². The summed E-state index contributed by atoms with van der Waals surface area (Å²) in [6.45, 7) is 4.33. The van der Waals surface area contributed by atoms with Crippen LogP contribution in [0.25, 0.3) is 0 Å². The molecule has 3 aliphatic heterocycles. The fraction of sp³-hybridized carbons (Fsp3) is 0.833. The highest BCUT2D eigenvalue weighted by molar-refractivity contribution is 6.07. The number of amides is 3. The Morgan fingerprint density at radius 3 is 2.65 bits per heavy atom. The van der Waals surface area contributed by atoms with Gasteiger partial charge >= 0.3 is 6.03 Å². The number of carbonyl (C=O) groups is 2. The first-order valence-electron chi connectivity index (χ1n) is 6.45. The fourth-order valence-electron chi connectivity index (χ4n) is 3.98. The van der Waals surface area contributed by atoms with Gasteiger partial charge in [0, 0.05) is 18.1 Å². The van der Waals surface area contributed by atoms with Crippen LogP contribution in [0.3, 0.4) is 0 Å². The van der Waals surface area contributed by atoms with E-state index in [9.17, 15) is 9.59 Å². The van der Waals surface area contributed by atoms with Crippen LogP contribution in [-0.2, 0) is 4.79 Å². The summed E-state index contributed by atoms with van der Waals surface area (Å²) < 4.78 is 0. The molecule has 5 heteroatoms. The van der Waals surface area contributed by atoms with E-state index in [-0.39, 0.29) is 18.0 Å². The lowest BCUT2D eigenvalue weighted by Crippen LogP contribution is -2.58. The Morgan fingerprint density at radius 2 is 2.12 bits per heavy atom. The second-order valence-corrected chi connectivity index (χ2v) is 5.73. The lowest BCUT2D eigenvalue weighted by Gasteiger charge is -2.40. The Morgan fingerprint density at radius 1 is 1.35 bits per heavy atom. The minimum absolute atomic E-state index is 0.123. The van der Waals surface area contributed by atoms with Gasteiger partial charge in [-0.25, -0.2) is 4.79 Å².